The molecule has 0 fully saturated rings. The molecular formula is C15H22O3. The van der Waals surface area contributed by atoms with E-state index in [0.717, 1.165) is 12.2 Å². The van der Waals surface area contributed by atoms with Crippen LogP contribution in [0.5, 0.6) is 5.75 Å². The molecule has 0 saturated heterocycles. The van der Waals surface area contributed by atoms with Gasteiger partial charge in [0, 0.05) is 6.42 Å². The van der Waals surface area contributed by atoms with Gasteiger partial charge in [-0.3, -0.25) is 4.79 Å². The molecule has 0 saturated carbocycles. The Morgan fingerprint density at radius 2 is 2.06 bits per heavy atom. The van der Waals surface area contributed by atoms with E-state index in [1.165, 1.54) is 11.1 Å². The zero-order valence-corrected chi connectivity index (χ0v) is 11.4. The molecule has 1 aromatic rings. The maximum atomic E-state index is 10.3. The monoisotopic (exact) mass is 250 g/mol. The number of rotatable bonds is 7. The molecule has 0 unspecified atom stereocenters. The molecule has 1 N–H and O–H groups in total. The van der Waals surface area contributed by atoms with Crippen molar-refractivity contribution in [3.05, 3.63) is 29.3 Å². The van der Waals surface area contributed by atoms with E-state index in [-0.39, 0.29) is 6.42 Å². The number of carboxylic acids is 1. The van der Waals surface area contributed by atoms with Gasteiger partial charge in [-0.25, -0.2) is 0 Å². The molecule has 0 aliphatic rings. The summed E-state index contributed by atoms with van der Waals surface area (Å²) in [5.41, 5.74) is 2.58. The number of hydrogen-bond acceptors (Lipinski definition) is 2. The highest BCUT2D eigenvalue weighted by molar-refractivity contribution is 5.66. The van der Waals surface area contributed by atoms with E-state index in [4.69, 9.17) is 9.84 Å². The fraction of sp³-hybridized carbons (Fsp3) is 0.533. The first-order chi connectivity index (χ1) is 8.50. The van der Waals surface area contributed by atoms with Crippen molar-refractivity contribution in [2.24, 2.45) is 0 Å². The molecule has 18 heavy (non-hydrogen) atoms. The van der Waals surface area contributed by atoms with Crippen LogP contribution in [0.15, 0.2) is 18.2 Å². The summed E-state index contributed by atoms with van der Waals surface area (Å²) in [7, 11) is 0. The molecule has 3 heteroatoms. The van der Waals surface area contributed by atoms with Crippen LogP contribution in [0.25, 0.3) is 0 Å². The standard InChI is InChI=1S/C15H22O3/c1-11(2)14-8-7-13(10-12(14)3)18-9-5-4-6-15(16)17/h7-8,10-11H,4-6,9H2,1-3H3,(H,16,17). The first-order valence-corrected chi connectivity index (χ1v) is 6.46. The number of unbranched alkanes of at least 4 members (excludes halogenated alkanes) is 1. The molecule has 1 aromatic carbocycles. The van der Waals surface area contributed by atoms with Crippen molar-refractivity contribution in [1.82, 2.24) is 0 Å². The maximum absolute atomic E-state index is 10.3. The predicted molar refractivity (Wildman–Crippen MR) is 72.2 cm³/mol. The van der Waals surface area contributed by atoms with Crippen LogP contribution in [-0.4, -0.2) is 17.7 Å². The molecule has 0 aliphatic carbocycles. The van der Waals surface area contributed by atoms with Gasteiger partial charge in [-0.05, 0) is 48.9 Å². The van der Waals surface area contributed by atoms with Crippen LogP contribution in [0.4, 0.5) is 0 Å². The highest BCUT2D eigenvalue weighted by Gasteiger charge is 2.04. The zero-order valence-electron chi connectivity index (χ0n) is 11.4. The minimum absolute atomic E-state index is 0.217. The Morgan fingerprint density at radius 1 is 1.33 bits per heavy atom. The smallest absolute Gasteiger partial charge is 0.303 e. The minimum Gasteiger partial charge on any atom is -0.494 e. The molecule has 0 aromatic heterocycles. The van der Waals surface area contributed by atoms with Gasteiger partial charge >= 0.3 is 5.97 Å². The zero-order chi connectivity index (χ0) is 13.5. The summed E-state index contributed by atoms with van der Waals surface area (Å²) in [6, 6.07) is 6.14. The topological polar surface area (TPSA) is 46.5 Å². The van der Waals surface area contributed by atoms with E-state index in [9.17, 15) is 4.79 Å². The van der Waals surface area contributed by atoms with E-state index >= 15 is 0 Å². The normalized spacial score (nSPS) is 10.7. The lowest BCUT2D eigenvalue weighted by Crippen LogP contribution is -2.01. The third kappa shape index (κ3) is 4.78. The van der Waals surface area contributed by atoms with Crippen LogP contribution in [0.1, 0.15) is 50.2 Å². The molecule has 1 rings (SSSR count). The fourth-order valence-corrected chi connectivity index (χ4v) is 1.95. The number of ether oxygens (including phenoxy) is 1. The van der Waals surface area contributed by atoms with Gasteiger partial charge in [0.1, 0.15) is 5.75 Å². The van der Waals surface area contributed by atoms with Crippen LogP contribution in [0.3, 0.4) is 0 Å². The number of carboxylic acid groups (broad SMARTS) is 1. The van der Waals surface area contributed by atoms with Gasteiger partial charge < -0.3 is 9.84 Å². The summed E-state index contributed by atoms with van der Waals surface area (Å²) in [6.45, 7) is 7.02. The van der Waals surface area contributed by atoms with Crippen molar-refractivity contribution in [3.63, 3.8) is 0 Å². The van der Waals surface area contributed by atoms with Gasteiger partial charge in [-0.15, -0.1) is 0 Å². The number of carbonyl (C=O) groups is 1. The van der Waals surface area contributed by atoms with Crippen molar-refractivity contribution in [2.45, 2.75) is 46.0 Å². The third-order valence-electron chi connectivity index (χ3n) is 2.92. The Kier molecular flexibility index (Phi) is 5.69. The lowest BCUT2D eigenvalue weighted by molar-refractivity contribution is -0.137. The Morgan fingerprint density at radius 3 is 2.61 bits per heavy atom. The fourth-order valence-electron chi connectivity index (χ4n) is 1.95. The molecule has 0 amide bonds. The molecule has 0 spiro atoms. The highest BCUT2D eigenvalue weighted by Crippen LogP contribution is 2.23. The number of benzene rings is 1. The van der Waals surface area contributed by atoms with Crippen molar-refractivity contribution < 1.29 is 14.6 Å². The van der Waals surface area contributed by atoms with E-state index in [0.29, 0.717) is 18.9 Å². The lowest BCUT2D eigenvalue weighted by Gasteiger charge is -2.12. The summed E-state index contributed by atoms with van der Waals surface area (Å²) in [6.07, 6.45) is 1.66. The molecule has 0 bridgehead atoms. The average Bonchev–Trinajstić information content (AvgIpc) is 2.27. The van der Waals surface area contributed by atoms with Crippen molar-refractivity contribution >= 4 is 5.97 Å². The second-order valence-corrected chi connectivity index (χ2v) is 4.87. The number of hydrogen-bond donors (Lipinski definition) is 1. The highest BCUT2D eigenvalue weighted by atomic mass is 16.5. The third-order valence-corrected chi connectivity index (χ3v) is 2.92. The van der Waals surface area contributed by atoms with Crippen LogP contribution < -0.4 is 4.74 Å². The number of aliphatic carboxylic acids is 1. The first kappa shape index (κ1) is 14.6. The molecular weight excluding hydrogens is 228 g/mol. The van der Waals surface area contributed by atoms with Crippen LogP contribution in [0.2, 0.25) is 0 Å². The quantitative estimate of drug-likeness (QED) is 0.750. The van der Waals surface area contributed by atoms with Gasteiger partial charge in [0.05, 0.1) is 6.61 Å². The van der Waals surface area contributed by atoms with Crippen LogP contribution in [0, 0.1) is 6.92 Å². The molecule has 0 radical (unpaired) electrons. The summed E-state index contributed by atoms with van der Waals surface area (Å²) >= 11 is 0. The van der Waals surface area contributed by atoms with Crippen molar-refractivity contribution in [3.8, 4) is 5.75 Å². The summed E-state index contributed by atoms with van der Waals surface area (Å²) in [4.78, 5) is 10.3. The summed E-state index contributed by atoms with van der Waals surface area (Å²) < 4.78 is 5.61. The molecule has 0 heterocycles. The largest absolute Gasteiger partial charge is 0.494 e. The van der Waals surface area contributed by atoms with Gasteiger partial charge in [-0.2, -0.15) is 0 Å². The molecule has 3 nitrogen and oxygen atoms in total. The summed E-state index contributed by atoms with van der Waals surface area (Å²) in [5.74, 6) is 0.647. The second-order valence-electron chi connectivity index (χ2n) is 4.87. The van der Waals surface area contributed by atoms with E-state index in [2.05, 4.69) is 26.8 Å². The van der Waals surface area contributed by atoms with E-state index in [1.54, 1.807) is 0 Å². The second kappa shape index (κ2) is 7.04. The predicted octanol–water partition coefficient (Wildman–Crippen LogP) is 3.75. The van der Waals surface area contributed by atoms with E-state index in [1.807, 2.05) is 12.1 Å². The molecule has 0 atom stereocenters. The Labute approximate surface area is 109 Å². The van der Waals surface area contributed by atoms with Gasteiger partial charge in [0.15, 0.2) is 0 Å². The number of aryl methyl sites for hydroxylation is 1. The Balaban J connectivity index is 2.39. The minimum atomic E-state index is -0.743. The van der Waals surface area contributed by atoms with E-state index < -0.39 is 5.97 Å². The van der Waals surface area contributed by atoms with Gasteiger partial charge in [0.25, 0.3) is 0 Å². The SMILES string of the molecule is Cc1cc(OCCCCC(=O)O)ccc1C(C)C. The van der Waals surface area contributed by atoms with Crippen LogP contribution in [-0.2, 0) is 4.79 Å². The Bertz CT molecular complexity index is 397. The molecule has 100 valence electrons. The molecule has 0 aliphatic heterocycles. The van der Waals surface area contributed by atoms with Gasteiger partial charge in [-0.1, -0.05) is 19.9 Å². The first-order valence-electron chi connectivity index (χ1n) is 6.46. The van der Waals surface area contributed by atoms with Crippen molar-refractivity contribution in [1.29, 1.82) is 0 Å². The maximum Gasteiger partial charge on any atom is 0.303 e. The van der Waals surface area contributed by atoms with Crippen LogP contribution >= 0.6 is 0 Å². The average molecular weight is 250 g/mol. The Hall–Kier alpha value is -1.51. The van der Waals surface area contributed by atoms with Crippen molar-refractivity contribution in [2.75, 3.05) is 6.61 Å². The van der Waals surface area contributed by atoms with Gasteiger partial charge in [0.2, 0.25) is 0 Å². The summed E-state index contributed by atoms with van der Waals surface area (Å²) in [5, 5.41) is 8.51. The lowest BCUT2D eigenvalue weighted by atomic mass is 9.98.